The average Bonchev–Trinajstić information content (AvgIpc) is 3.13. The number of rotatable bonds is 3. The van der Waals surface area contributed by atoms with E-state index in [1.54, 1.807) is 10.9 Å². The van der Waals surface area contributed by atoms with Crippen LogP contribution in [0.1, 0.15) is 33.2 Å². The topological polar surface area (TPSA) is 38.1 Å². The van der Waals surface area contributed by atoms with E-state index in [4.69, 9.17) is 0 Å². The molecule has 0 aliphatic carbocycles. The number of benzene rings is 2. The molecule has 0 spiro atoms. The first-order valence-corrected chi connectivity index (χ1v) is 10.3. The zero-order chi connectivity index (χ0) is 18.6. The number of thioether (sulfide) groups is 1. The highest BCUT2D eigenvalue weighted by atomic mass is 32.2. The van der Waals surface area contributed by atoms with Crippen LogP contribution in [-0.2, 0) is 0 Å². The largest absolute Gasteiger partial charge is 0.338 e. The zero-order valence-electron chi connectivity index (χ0n) is 15.4. The molecule has 1 unspecified atom stereocenters. The Hall–Kier alpha value is -2.53. The van der Waals surface area contributed by atoms with Gasteiger partial charge in [0.05, 0.1) is 5.69 Å². The Morgan fingerprint density at radius 2 is 2.00 bits per heavy atom. The van der Waals surface area contributed by atoms with Gasteiger partial charge in [0.25, 0.3) is 5.91 Å². The highest BCUT2D eigenvalue weighted by Crippen LogP contribution is 2.36. The first kappa shape index (κ1) is 17.9. The maximum Gasteiger partial charge on any atom is 0.253 e. The minimum Gasteiger partial charge on any atom is -0.338 e. The fourth-order valence-corrected chi connectivity index (χ4v) is 4.88. The van der Waals surface area contributed by atoms with Gasteiger partial charge in [0.1, 0.15) is 0 Å². The minimum absolute atomic E-state index is 0.107. The summed E-state index contributed by atoms with van der Waals surface area (Å²) < 4.78 is 1.78. The lowest BCUT2D eigenvalue weighted by molar-refractivity contribution is 0.0766. The first-order chi connectivity index (χ1) is 13.2. The number of amides is 1. The average molecular weight is 378 g/mol. The maximum atomic E-state index is 13.1. The Kier molecular flexibility index (Phi) is 5.30. The molecule has 1 aromatic heterocycles. The number of carbonyl (C=O) groups is 1. The van der Waals surface area contributed by atoms with Crippen LogP contribution < -0.4 is 0 Å². The molecule has 3 aromatic rings. The van der Waals surface area contributed by atoms with Crippen LogP contribution in [0.25, 0.3) is 5.69 Å². The fraction of sp³-hybridized carbons (Fsp3) is 0.273. The third-order valence-corrected chi connectivity index (χ3v) is 6.34. The lowest BCUT2D eigenvalue weighted by Crippen LogP contribution is -2.33. The standard InChI is InChI=1S/C22H23N3OS/c1-17-6-2-3-9-20(17)21-10-13-24(14-15-27-21)22(26)18-7-4-8-19(16-18)25-12-5-11-23-25/h2-9,11-12,16,21H,10,13-15H2,1H3. The fourth-order valence-electron chi connectivity index (χ4n) is 3.56. The van der Waals surface area contributed by atoms with Gasteiger partial charge in [0.15, 0.2) is 0 Å². The molecule has 1 aliphatic heterocycles. The summed E-state index contributed by atoms with van der Waals surface area (Å²) in [6.45, 7) is 3.75. The van der Waals surface area contributed by atoms with E-state index in [1.165, 1.54) is 11.1 Å². The molecule has 2 aromatic carbocycles. The summed E-state index contributed by atoms with van der Waals surface area (Å²) in [5.41, 5.74) is 4.37. The highest BCUT2D eigenvalue weighted by Gasteiger charge is 2.23. The molecular formula is C22H23N3OS. The molecule has 4 nitrogen and oxygen atoms in total. The lowest BCUT2D eigenvalue weighted by Gasteiger charge is -2.21. The molecule has 138 valence electrons. The van der Waals surface area contributed by atoms with Crippen molar-refractivity contribution in [2.24, 2.45) is 0 Å². The van der Waals surface area contributed by atoms with E-state index in [1.807, 2.05) is 53.2 Å². The Morgan fingerprint density at radius 3 is 2.81 bits per heavy atom. The number of aromatic nitrogens is 2. The van der Waals surface area contributed by atoms with Crippen molar-refractivity contribution < 1.29 is 4.79 Å². The van der Waals surface area contributed by atoms with E-state index in [9.17, 15) is 4.79 Å². The summed E-state index contributed by atoms with van der Waals surface area (Å²) in [4.78, 5) is 15.1. The van der Waals surface area contributed by atoms with Crippen molar-refractivity contribution in [3.63, 3.8) is 0 Å². The summed E-state index contributed by atoms with van der Waals surface area (Å²) in [6.07, 6.45) is 4.62. The molecule has 1 atom stereocenters. The Morgan fingerprint density at radius 1 is 1.11 bits per heavy atom. The molecule has 2 heterocycles. The van der Waals surface area contributed by atoms with Crippen LogP contribution in [0.4, 0.5) is 0 Å². The van der Waals surface area contributed by atoms with Crippen molar-refractivity contribution in [1.82, 2.24) is 14.7 Å². The van der Waals surface area contributed by atoms with Gasteiger partial charge in [-0.3, -0.25) is 4.79 Å². The second kappa shape index (κ2) is 8.01. The molecule has 0 N–H and O–H groups in total. The van der Waals surface area contributed by atoms with Gasteiger partial charge in [-0.2, -0.15) is 16.9 Å². The third kappa shape index (κ3) is 3.93. The van der Waals surface area contributed by atoms with Crippen molar-refractivity contribution in [2.75, 3.05) is 18.8 Å². The zero-order valence-corrected chi connectivity index (χ0v) is 16.2. The van der Waals surface area contributed by atoms with Gasteiger partial charge in [-0.25, -0.2) is 4.68 Å². The van der Waals surface area contributed by atoms with Gasteiger partial charge in [-0.15, -0.1) is 0 Å². The van der Waals surface area contributed by atoms with Gasteiger partial charge in [0.2, 0.25) is 0 Å². The molecular weight excluding hydrogens is 354 g/mol. The molecule has 0 radical (unpaired) electrons. The normalized spacial score (nSPS) is 17.5. The minimum atomic E-state index is 0.107. The SMILES string of the molecule is Cc1ccccc1C1CCN(C(=O)c2cccc(-n3cccn3)c2)CCS1. The number of nitrogens with zero attached hydrogens (tertiary/aromatic N) is 3. The lowest BCUT2D eigenvalue weighted by atomic mass is 10.0. The van der Waals surface area contributed by atoms with Crippen LogP contribution >= 0.6 is 11.8 Å². The molecule has 1 aliphatic rings. The Labute approximate surface area is 164 Å². The second-order valence-corrected chi connectivity index (χ2v) is 8.11. The van der Waals surface area contributed by atoms with E-state index in [0.29, 0.717) is 5.25 Å². The smallest absolute Gasteiger partial charge is 0.253 e. The number of carbonyl (C=O) groups excluding carboxylic acids is 1. The summed E-state index contributed by atoms with van der Waals surface area (Å²) in [6, 6.07) is 18.2. The summed E-state index contributed by atoms with van der Waals surface area (Å²) in [5.74, 6) is 1.07. The van der Waals surface area contributed by atoms with Crippen LogP contribution in [0.5, 0.6) is 0 Å². The second-order valence-electron chi connectivity index (χ2n) is 6.80. The summed E-state index contributed by atoms with van der Waals surface area (Å²) >= 11 is 1.96. The van der Waals surface area contributed by atoms with Crippen LogP contribution in [0, 0.1) is 6.92 Å². The molecule has 1 amide bonds. The maximum absolute atomic E-state index is 13.1. The summed E-state index contributed by atoms with van der Waals surface area (Å²) in [5, 5.41) is 4.71. The number of hydrogen-bond donors (Lipinski definition) is 0. The van der Waals surface area contributed by atoms with Gasteiger partial charge in [-0.1, -0.05) is 30.3 Å². The predicted molar refractivity (Wildman–Crippen MR) is 110 cm³/mol. The van der Waals surface area contributed by atoms with Crippen LogP contribution in [0.3, 0.4) is 0 Å². The Balaban J connectivity index is 1.49. The van der Waals surface area contributed by atoms with E-state index in [2.05, 4.69) is 36.3 Å². The molecule has 0 saturated carbocycles. The number of hydrogen-bond acceptors (Lipinski definition) is 3. The van der Waals surface area contributed by atoms with Gasteiger partial charge in [0, 0.05) is 42.0 Å². The quantitative estimate of drug-likeness (QED) is 0.674. The molecule has 4 rings (SSSR count). The predicted octanol–water partition coefficient (Wildman–Crippen LogP) is 4.50. The van der Waals surface area contributed by atoms with Crippen molar-refractivity contribution in [2.45, 2.75) is 18.6 Å². The molecule has 0 bridgehead atoms. The molecule has 5 heteroatoms. The first-order valence-electron chi connectivity index (χ1n) is 9.29. The van der Waals surface area contributed by atoms with Gasteiger partial charge in [-0.05, 0) is 48.7 Å². The molecule has 1 saturated heterocycles. The van der Waals surface area contributed by atoms with Crippen molar-refractivity contribution >= 4 is 17.7 Å². The van der Waals surface area contributed by atoms with Gasteiger partial charge < -0.3 is 4.90 Å². The third-order valence-electron chi connectivity index (χ3n) is 5.03. The van der Waals surface area contributed by atoms with E-state index in [0.717, 1.165) is 36.5 Å². The van der Waals surface area contributed by atoms with Crippen molar-refractivity contribution in [1.29, 1.82) is 0 Å². The van der Waals surface area contributed by atoms with Crippen molar-refractivity contribution in [3.8, 4) is 5.69 Å². The van der Waals surface area contributed by atoms with E-state index < -0.39 is 0 Å². The van der Waals surface area contributed by atoms with Gasteiger partial charge >= 0.3 is 0 Å². The van der Waals surface area contributed by atoms with Crippen molar-refractivity contribution in [3.05, 3.63) is 83.7 Å². The molecule has 27 heavy (non-hydrogen) atoms. The van der Waals surface area contributed by atoms with Crippen LogP contribution in [-0.4, -0.2) is 39.4 Å². The van der Waals surface area contributed by atoms with E-state index in [-0.39, 0.29) is 5.91 Å². The summed E-state index contributed by atoms with van der Waals surface area (Å²) in [7, 11) is 0. The monoisotopic (exact) mass is 377 g/mol. The van der Waals surface area contributed by atoms with E-state index >= 15 is 0 Å². The van der Waals surface area contributed by atoms with Crippen LogP contribution in [0.2, 0.25) is 0 Å². The number of aryl methyl sites for hydroxylation is 1. The van der Waals surface area contributed by atoms with Crippen LogP contribution in [0.15, 0.2) is 67.0 Å². The highest BCUT2D eigenvalue weighted by molar-refractivity contribution is 7.99. The Bertz CT molecular complexity index is 923. The molecule has 1 fully saturated rings.